The first kappa shape index (κ1) is 11.5. The van der Waals surface area contributed by atoms with E-state index in [4.69, 9.17) is 11.6 Å². The number of halogens is 1. The second-order valence-electron chi connectivity index (χ2n) is 3.97. The van der Waals surface area contributed by atoms with Crippen molar-refractivity contribution in [2.75, 3.05) is 5.32 Å². The van der Waals surface area contributed by atoms with Crippen LogP contribution in [0.5, 0.6) is 0 Å². The Balaban J connectivity index is 1.79. The van der Waals surface area contributed by atoms with Crippen LogP contribution in [0, 0.1) is 0 Å². The third-order valence-electron chi connectivity index (χ3n) is 2.64. The molecule has 0 aliphatic carbocycles. The molecule has 0 bridgehead atoms. The molecule has 18 heavy (non-hydrogen) atoms. The van der Waals surface area contributed by atoms with Gasteiger partial charge in [-0.15, -0.1) is 0 Å². The quantitative estimate of drug-likeness (QED) is 0.757. The molecule has 1 heterocycles. The van der Waals surface area contributed by atoms with E-state index in [-0.39, 0.29) is 0 Å². The van der Waals surface area contributed by atoms with Crippen molar-refractivity contribution in [2.24, 2.45) is 0 Å². The topological polar surface area (TPSA) is 24.9 Å². The van der Waals surface area contributed by atoms with Gasteiger partial charge >= 0.3 is 0 Å². The molecule has 0 amide bonds. The van der Waals surface area contributed by atoms with Gasteiger partial charge in [0.2, 0.25) is 0 Å². The summed E-state index contributed by atoms with van der Waals surface area (Å²) in [5.41, 5.74) is 2.23. The number of anilines is 1. The van der Waals surface area contributed by atoms with E-state index in [1.807, 2.05) is 36.4 Å². The fourth-order valence-corrected chi connectivity index (χ4v) is 2.89. The predicted octanol–water partition coefficient (Wildman–Crippen LogP) is 4.56. The summed E-state index contributed by atoms with van der Waals surface area (Å²) in [4.78, 5) is 4.52. The van der Waals surface area contributed by atoms with Crippen LogP contribution >= 0.6 is 22.9 Å². The molecule has 2 nitrogen and oxygen atoms in total. The zero-order chi connectivity index (χ0) is 12.4. The third kappa shape index (κ3) is 2.47. The summed E-state index contributed by atoms with van der Waals surface area (Å²) < 4.78 is 1.11. The van der Waals surface area contributed by atoms with Crippen LogP contribution in [0.25, 0.3) is 10.2 Å². The minimum atomic E-state index is 0.751. The molecule has 4 heteroatoms. The van der Waals surface area contributed by atoms with Gasteiger partial charge in [-0.05, 0) is 23.8 Å². The zero-order valence-electron chi connectivity index (χ0n) is 9.56. The minimum absolute atomic E-state index is 0.751. The summed E-state index contributed by atoms with van der Waals surface area (Å²) in [6.07, 6.45) is 0. The van der Waals surface area contributed by atoms with Crippen LogP contribution < -0.4 is 5.32 Å². The standard InChI is InChI=1S/C14H11ClN2S/c15-11-6-7-12-13(8-11)18-14(17-12)16-9-10-4-2-1-3-5-10/h1-8H,9H2,(H,16,17). The maximum Gasteiger partial charge on any atom is 0.184 e. The van der Waals surface area contributed by atoms with Gasteiger partial charge in [0, 0.05) is 11.6 Å². The van der Waals surface area contributed by atoms with Gasteiger partial charge in [0.25, 0.3) is 0 Å². The molecule has 0 unspecified atom stereocenters. The lowest BCUT2D eigenvalue weighted by atomic mass is 10.2. The van der Waals surface area contributed by atoms with E-state index in [1.165, 1.54) is 5.56 Å². The Morgan fingerprint density at radius 2 is 1.94 bits per heavy atom. The van der Waals surface area contributed by atoms with Crippen molar-refractivity contribution in [3.8, 4) is 0 Å². The Kier molecular flexibility index (Phi) is 3.17. The first-order chi connectivity index (χ1) is 8.81. The molecular formula is C14H11ClN2S. The van der Waals surface area contributed by atoms with Crippen molar-refractivity contribution >= 4 is 38.3 Å². The van der Waals surface area contributed by atoms with E-state index in [0.717, 1.165) is 26.9 Å². The van der Waals surface area contributed by atoms with Crippen LogP contribution in [-0.4, -0.2) is 4.98 Å². The average molecular weight is 275 g/mol. The van der Waals surface area contributed by atoms with Gasteiger partial charge in [0.1, 0.15) is 0 Å². The van der Waals surface area contributed by atoms with E-state index >= 15 is 0 Å². The van der Waals surface area contributed by atoms with E-state index < -0.39 is 0 Å². The molecule has 0 saturated carbocycles. The van der Waals surface area contributed by atoms with Crippen LogP contribution in [0.15, 0.2) is 48.5 Å². The Bertz CT molecular complexity index is 664. The Morgan fingerprint density at radius 1 is 1.11 bits per heavy atom. The van der Waals surface area contributed by atoms with Crippen molar-refractivity contribution in [3.05, 3.63) is 59.1 Å². The normalized spacial score (nSPS) is 10.7. The van der Waals surface area contributed by atoms with Crippen molar-refractivity contribution in [2.45, 2.75) is 6.54 Å². The molecule has 1 N–H and O–H groups in total. The molecule has 0 atom stereocenters. The Labute approximate surface area is 114 Å². The summed E-state index contributed by atoms with van der Waals surface area (Å²) in [6.45, 7) is 0.786. The van der Waals surface area contributed by atoms with Gasteiger partial charge in [-0.25, -0.2) is 4.98 Å². The van der Waals surface area contributed by atoms with Crippen molar-refractivity contribution < 1.29 is 0 Å². The van der Waals surface area contributed by atoms with E-state index in [0.29, 0.717) is 0 Å². The van der Waals surface area contributed by atoms with Crippen LogP contribution in [0.4, 0.5) is 5.13 Å². The van der Waals surface area contributed by atoms with Gasteiger partial charge in [-0.3, -0.25) is 0 Å². The maximum atomic E-state index is 5.96. The lowest BCUT2D eigenvalue weighted by molar-refractivity contribution is 1.14. The third-order valence-corrected chi connectivity index (χ3v) is 3.85. The number of benzene rings is 2. The lowest BCUT2D eigenvalue weighted by Crippen LogP contribution is -1.97. The second-order valence-corrected chi connectivity index (χ2v) is 5.44. The summed E-state index contributed by atoms with van der Waals surface area (Å²) in [7, 11) is 0. The highest BCUT2D eigenvalue weighted by Gasteiger charge is 2.03. The fourth-order valence-electron chi connectivity index (χ4n) is 1.75. The molecule has 0 aliphatic rings. The zero-order valence-corrected chi connectivity index (χ0v) is 11.1. The van der Waals surface area contributed by atoms with Crippen LogP contribution in [0.2, 0.25) is 5.02 Å². The van der Waals surface area contributed by atoms with Crippen molar-refractivity contribution in [1.29, 1.82) is 0 Å². The van der Waals surface area contributed by atoms with Crippen LogP contribution in [0.3, 0.4) is 0 Å². The van der Waals surface area contributed by atoms with Gasteiger partial charge in [0.15, 0.2) is 5.13 Å². The average Bonchev–Trinajstić information content (AvgIpc) is 2.79. The molecule has 3 rings (SSSR count). The summed E-state index contributed by atoms with van der Waals surface area (Å²) >= 11 is 7.58. The number of rotatable bonds is 3. The molecule has 0 saturated heterocycles. The number of nitrogens with zero attached hydrogens (tertiary/aromatic N) is 1. The molecule has 0 aliphatic heterocycles. The molecule has 0 radical (unpaired) electrons. The SMILES string of the molecule is Clc1ccc2nc(NCc3ccccc3)sc2c1. The first-order valence-electron chi connectivity index (χ1n) is 5.65. The fraction of sp³-hybridized carbons (Fsp3) is 0.0714. The molecule has 1 aromatic heterocycles. The Morgan fingerprint density at radius 3 is 2.78 bits per heavy atom. The number of hydrogen-bond acceptors (Lipinski definition) is 3. The van der Waals surface area contributed by atoms with Gasteiger partial charge < -0.3 is 5.32 Å². The summed E-state index contributed by atoms with van der Waals surface area (Å²) in [5, 5.41) is 5.01. The molecule has 3 aromatic rings. The molecule has 90 valence electrons. The highest BCUT2D eigenvalue weighted by Crippen LogP contribution is 2.28. The number of thiazole rings is 1. The van der Waals surface area contributed by atoms with Gasteiger partial charge in [-0.1, -0.05) is 53.3 Å². The highest BCUT2D eigenvalue weighted by molar-refractivity contribution is 7.22. The number of hydrogen-bond donors (Lipinski definition) is 1. The van der Waals surface area contributed by atoms with Gasteiger partial charge in [-0.2, -0.15) is 0 Å². The van der Waals surface area contributed by atoms with E-state index in [9.17, 15) is 0 Å². The van der Waals surface area contributed by atoms with E-state index in [1.54, 1.807) is 11.3 Å². The van der Waals surface area contributed by atoms with Gasteiger partial charge in [0.05, 0.1) is 10.2 Å². The maximum absolute atomic E-state index is 5.96. The lowest BCUT2D eigenvalue weighted by Gasteiger charge is -2.01. The summed E-state index contributed by atoms with van der Waals surface area (Å²) in [5.74, 6) is 0. The smallest absolute Gasteiger partial charge is 0.184 e. The van der Waals surface area contributed by atoms with Crippen molar-refractivity contribution in [3.63, 3.8) is 0 Å². The molecule has 0 fully saturated rings. The monoisotopic (exact) mass is 274 g/mol. The highest BCUT2D eigenvalue weighted by atomic mass is 35.5. The number of fused-ring (bicyclic) bond motifs is 1. The van der Waals surface area contributed by atoms with Crippen molar-refractivity contribution in [1.82, 2.24) is 4.98 Å². The minimum Gasteiger partial charge on any atom is -0.357 e. The van der Waals surface area contributed by atoms with E-state index in [2.05, 4.69) is 22.4 Å². The number of nitrogens with one attached hydrogen (secondary N) is 1. The predicted molar refractivity (Wildman–Crippen MR) is 78.4 cm³/mol. The second kappa shape index (κ2) is 4.96. The van der Waals surface area contributed by atoms with Crippen LogP contribution in [0.1, 0.15) is 5.56 Å². The largest absolute Gasteiger partial charge is 0.357 e. The Hall–Kier alpha value is -1.58. The molecule has 0 spiro atoms. The first-order valence-corrected chi connectivity index (χ1v) is 6.84. The summed E-state index contributed by atoms with van der Waals surface area (Å²) in [6, 6.07) is 16.0. The molecular weight excluding hydrogens is 264 g/mol. The molecule has 2 aromatic carbocycles. The van der Waals surface area contributed by atoms with Crippen LogP contribution in [-0.2, 0) is 6.54 Å². The number of aromatic nitrogens is 1.